The molecule has 1 fully saturated rings. The number of hydrogen-bond acceptors (Lipinski definition) is 4. The van der Waals surface area contributed by atoms with Gasteiger partial charge in [0.25, 0.3) is 0 Å². The summed E-state index contributed by atoms with van der Waals surface area (Å²) in [5.41, 5.74) is -0.369. The van der Waals surface area contributed by atoms with Gasteiger partial charge < -0.3 is 15.7 Å². The van der Waals surface area contributed by atoms with Crippen LogP contribution in [0.5, 0.6) is 0 Å². The normalized spacial score (nSPS) is 18.9. The van der Waals surface area contributed by atoms with Crippen molar-refractivity contribution in [2.45, 2.75) is 58.0 Å². The van der Waals surface area contributed by atoms with Crippen molar-refractivity contribution in [3.63, 3.8) is 0 Å². The molecule has 1 heterocycles. The first-order valence-corrected chi connectivity index (χ1v) is 8.41. The zero-order valence-corrected chi connectivity index (χ0v) is 13.8. The van der Waals surface area contributed by atoms with Gasteiger partial charge in [0.1, 0.15) is 5.01 Å². The van der Waals surface area contributed by atoms with Crippen LogP contribution in [0, 0.1) is 12.8 Å². The number of urea groups is 1. The van der Waals surface area contributed by atoms with Crippen molar-refractivity contribution in [3.05, 3.63) is 16.1 Å². The smallest absolute Gasteiger partial charge is 0.315 e. The molecule has 1 aromatic heterocycles. The Bertz CT molecular complexity index is 487. The molecule has 2 rings (SSSR count). The highest BCUT2D eigenvalue weighted by Crippen LogP contribution is 2.42. The number of amides is 2. The van der Waals surface area contributed by atoms with E-state index in [1.54, 1.807) is 11.3 Å². The maximum atomic E-state index is 12.3. The predicted molar refractivity (Wildman–Crippen MR) is 84.4 cm³/mol. The van der Waals surface area contributed by atoms with Gasteiger partial charge in [0.05, 0.1) is 6.04 Å². The maximum absolute atomic E-state index is 12.3. The number of carbonyl (C=O) groups is 1. The molecule has 0 spiro atoms. The highest BCUT2D eigenvalue weighted by molar-refractivity contribution is 7.11. The summed E-state index contributed by atoms with van der Waals surface area (Å²) in [6, 6.07) is -0.156. The summed E-state index contributed by atoms with van der Waals surface area (Å²) in [5, 5.41) is 16.2. The van der Waals surface area contributed by atoms with Gasteiger partial charge in [0.15, 0.2) is 0 Å². The molecule has 2 amide bonds. The van der Waals surface area contributed by atoms with Gasteiger partial charge in [-0.1, -0.05) is 6.92 Å². The highest BCUT2D eigenvalue weighted by atomic mass is 32.1. The second-order valence-corrected chi connectivity index (χ2v) is 7.38. The minimum atomic E-state index is -0.369. The van der Waals surface area contributed by atoms with Crippen LogP contribution in [0.3, 0.4) is 0 Å². The lowest BCUT2D eigenvalue weighted by Gasteiger charge is -2.30. The van der Waals surface area contributed by atoms with E-state index in [9.17, 15) is 4.79 Å². The third-order valence-corrected chi connectivity index (χ3v) is 5.14. The van der Waals surface area contributed by atoms with Gasteiger partial charge in [-0.15, -0.1) is 11.3 Å². The first kappa shape index (κ1) is 16.2. The van der Waals surface area contributed by atoms with Gasteiger partial charge in [-0.25, -0.2) is 9.78 Å². The quantitative estimate of drug-likeness (QED) is 0.725. The molecule has 5 nitrogen and oxygen atoms in total. The molecule has 6 heteroatoms. The Morgan fingerprint density at radius 1 is 1.62 bits per heavy atom. The second-order valence-electron chi connectivity index (χ2n) is 6.11. The highest BCUT2D eigenvalue weighted by Gasteiger charge is 2.36. The van der Waals surface area contributed by atoms with Gasteiger partial charge in [0.2, 0.25) is 0 Å². The number of nitrogens with one attached hydrogen (secondary N) is 2. The number of aliphatic hydroxyl groups excluding tert-OH is 1. The summed E-state index contributed by atoms with van der Waals surface area (Å²) in [5.74, 6) is 0.507. The average molecular weight is 311 g/mol. The fraction of sp³-hybridized carbons (Fsp3) is 0.733. The van der Waals surface area contributed by atoms with Crippen LogP contribution in [0.4, 0.5) is 4.79 Å². The van der Waals surface area contributed by atoms with Crippen LogP contribution in [-0.4, -0.2) is 28.3 Å². The molecule has 21 heavy (non-hydrogen) atoms. The summed E-state index contributed by atoms with van der Waals surface area (Å²) in [6.45, 7) is 6.07. The van der Waals surface area contributed by atoms with E-state index in [1.807, 2.05) is 27.0 Å². The van der Waals surface area contributed by atoms with Crippen molar-refractivity contribution in [2.24, 2.45) is 5.92 Å². The number of aromatic nitrogens is 1. The predicted octanol–water partition coefficient (Wildman–Crippen LogP) is 2.75. The standard InChI is InChI=1S/C15H25N3O2S/c1-4-15(3,7-8-19)18-14(20)17-12(11-5-6-11)13-16-9-10(2)21-13/h9,11-12,19H,4-8H2,1-3H3,(H2,17,18,20). The largest absolute Gasteiger partial charge is 0.396 e. The minimum Gasteiger partial charge on any atom is -0.396 e. The zero-order valence-electron chi connectivity index (χ0n) is 13.0. The van der Waals surface area contributed by atoms with Crippen LogP contribution in [0.15, 0.2) is 6.20 Å². The molecule has 0 aromatic carbocycles. The Hall–Kier alpha value is -1.14. The Labute approximate surface area is 130 Å². The van der Waals surface area contributed by atoms with Gasteiger partial charge in [0, 0.05) is 23.2 Å². The van der Waals surface area contributed by atoms with Crippen molar-refractivity contribution in [1.82, 2.24) is 15.6 Å². The lowest BCUT2D eigenvalue weighted by Crippen LogP contribution is -2.51. The lowest BCUT2D eigenvalue weighted by atomic mass is 9.95. The molecule has 2 unspecified atom stereocenters. The second kappa shape index (κ2) is 6.75. The molecule has 0 aliphatic heterocycles. The fourth-order valence-corrected chi connectivity index (χ4v) is 3.27. The summed E-state index contributed by atoms with van der Waals surface area (Å²) in [4.78, 5) is 17.9. The van der Waals surface area contributed by atoms with Gasteiger partial charge in [-0.2, -0.15) is 0 Å². The number of aryl methyl sites for hydroxylation is 1. The molecule has 1 aromatic rings. The van der Waals surface area contributed by atoms with Crippen LogP contribution >= 0.6 is 11.3 Å². The van der Waals surface area contributed by atoms with Crippen molar-refractivity contribution in [2.75, 3.05) is 6.61 Å². The van der Waals surface area contributed by atoms with E-state index < -0.39 is 0 Å². The van der Waals surface area contributed by atoms with Gasteiger partial charge in [-0.3, -0.25) is 0 Å². The summed E-state index contributed by atoms with van der Waals surface area (Å²) >= 11 is 1.65. The summed E-state index contributed by atoms with van der Waals surface area (Å²) in [7, 11) is 0. The fourth-order valence-electron chi connectivity index (χ4n) is 2.35. The number of hydrogen-bond donors (Lipinski definition) is 3. The Balaban J connectivity index is 1.99. The van der Waals surface area contributed by atoms with Crippen molar-refractivity contribution in [3.8, 4) is 0 Å². The van der Waals surface area contributed by atoms with E-state index in [0.29, 0.717) is 12.3 Å². The molecule has 0 saturated heterocycles. The molecular formula is C15H25N3O2S. The topological polar surface area (TPSA) is 74.2 Å². The molecule has 0 radical (unpaired) electrons. The summed E-state index contributed by atoms with van der Waals surface area (Å²) in [6.07, 6.45) is 5.49. The number of carbonyl (C=O) groups excluding carboxylic acids is 1. The maximum Gasteiger partial charge on any atom is 0.315 e. The molecule has 1 aliphatic carbocycles. The first-order chi connectivity index (χ1) is 9.97. The molecule has 2 atom stereocenters. The van der Waals surface area contributed by atoms with E-state index in [-0.39, 0.29) is 24.2 Å². The van der Waals surface area contributed by atoms with Crippen molar-refractivity contribution < 1.29 is 9.90 Å². The van der Waals surface area contributed by atoms with Gasteiger partial charge in [-0.05, 0) is 45.4 Å². The SMILES string of the molecule is CCC(C)(CCO)NC(=O)NC(c1ncc(C)s1)C1CC1. The van der Waals surface area contributed by atoms with E-state index >= 15 is 0 Å². The molecule has 3 N–H and O–H groups in total. The Morgan fingerprint density at radius 2 is 2.33 bits per heavy atom. The van der Waals surface area contributed by atoms with Crippen LogP contribution in [0.1, 0.15) is 55.5 Å². The van der Waals surface area contributed by atoms with Crippen LogP contribution in [0.25, 0.3) is 0 Å². The number of thiazole rings is 1. The third kappa shape index (κ3) is 4.41. The van der Waals surface area contributed by atoms with Crippen molar-refractivity contribution in [1.29, 1.82) is 0 Å². The summed E-state index contributed by atoms with van der Waals surface area (Å²) < 4.78 is 0. The van der Waals surface area contributed by atoms with E-state index in [0.717, 1.165) is 29.1 Å². The van der Waals surface area contributed by atoms with Crippen LogP contribution < -0.4 is 10.6 Å². The minimum absolute atomic E-state index is 0.0129. The number of nitrogens with zero attached hydrogens (tertiary/aromatic N) is 1. The molecular weight excluding hydrogens is 286 g/mol. The van der Waals surface area contributed by atoms with E-state index in [1.165, 1.54) is 0 Å². The third-order valence-electron chi connectivity index (χ3n) is 4.14. The number of aliphatic hydroxyl groups is 1. The average Bonchev–Trinajstić information content (AvgIpc) is 3.18. The van der Waals surface area contributed by atoms with E-state index in [4.69, 9.17) is 5.11 Å². The van der Waals surface area contributed by atoms with Gasteiger partial charge >= 0.3 is 6.03 Å². The molecule has 118 valence electrons. The van der Waals surface area contributed by atoms with E-state index in [2.05, 4.69) is 15.6 Å². The number of rotatable bonds is 7. The first-order valence-electron chi connectivity index (χ1n) is 7.59. The molecule has 1 aliphatic rings. The van der Waals surface area contributed by atoms with Crippen LogP contribution in [-0.2, 0) is 0 Å². The Morgan fingerprint density at radius 3 is 2.81 bits per heavy atom. The molecule has 1 saturated carbocycles. The monoisotopic (exact) mass is 311 g/mol. The molecule has 0 bridgehead atoms. The van der Waals surface area contributed by atoms with Crippen LogP contribution in [0.2, 0.25) is 0 Å². The lowest BCUT2D eigenvalue weighted by molar-refractivity contribution is 0.197. The Kier molecular flexibility index (Phi) is 5.22. The zero-order chi connectivity index (χ0) is 15.5. The van der Waals surface area contributed by atoms with Crippen molar-refractivity contribution >= 4 is 17.4 Å².